The van der Waals surface area contributed by atoms with Crippen molar-refractivity contribution in [2.24, 2.45) is 11.3 Å². The van der Waals surface area contributed by atoms with Gasteiger partial charge in [0.05, 0.1) is 12.1 Å². The van der Waals surface area contributed by atoms with Crippen LogP contribution in [0.3, 0.4) is 0 Å². The number of amides is 2. The average molecular weight is 384 g/mol. The van der Waals surface area contributed by atoms with Crippen molar-refractivity contribution in [1.29, 1.82) is 0 Å². The van der Waals surface area contributed by atoms with E-state index in [9.17, 15) is 14.7 Å². The van der Waals surface area contributed by atoms with Crippen LogP contribution in [0.25, 0.3) is 0 Å². The zero-order valence-electron chi connectivity index (χ0n) is 17.3. The largest absolute Gasteiger partial charge is 0.480 e. The summed E-state index contributed by atoms with van der Waals surface area (Å²) in [5.74, 6) is -0.203. The van der Waals surface area contributed by atoms with Crippen molar-refractivity contribution in [1.82, 2.24) is 15.5 Å². The van der Waals surface area contributed by atoms with Crippen molar-refractivity contribution in [3.05, 3.63) is 0 Å². The number of aliphatic carboxylic acids is 1. The fourth-order valence-corrected chi connectivity index (χ4v) is 4.36. The predicted molar refractivity (Wildman–Crippen MR) is 105 cm³/mol. The van der Waals surface area contributed by atoms with E-state index in [1.54, 1.807) is 0 Å². The third-order valence-corrected chi connectivity index (χ3v) is 6.43. The summed E-state index contributed by atoms with van der Waals surface area (Å²) in [5, 5.41) is 25.4. The predicted octanol–water partition coefficient (Wildman–Crippen LogP) is 2.19. The van der Waals surface area contributed by atoms with Gasteiger partial charge in [-0.05, 0) is 56.4 Å². The molecule has 0 unspecified atom stereocenters. The lowest BCUT2D eigenvalue weighted by molar-refractivity contribution is -0.139. The normalized spacial score (nSPS) is 31.3. The Bertz CT molecular complexity index is 518. The molecule has 2 aliphatic rings. The number of carboxylic acid groups (broad SMARTS) is 1. The highest BCUT2D eigenvalue weighted by Gasteiger charge is 2.38. The number of hydrogen-bond donors (Lipinski definition) is 4. The lowest BCUT2D eigenvalue weighted by Gasteiger charge is -2.43. The molecule has 0 saturated heterocycles. The summed E-state index contributed by atoms with van der Waals surface area (Å²) in [6, 6.07) is 0.0449. The summed E-state index contributed by atoms with van der Waals surface area (Å²) in [6.07, 6.45) is 4.97. The van der Waals surface area contributed by atoms with Crippen LogP contribution in [0.2, 0.25) is 0 Å². The van der Waals surface area contributed by atoms with Crippen LogP contribution in [0.4, 0.5) is 4.79 Å². The second-order valence-corrected chi connectivity index (χ2v) is 9.47. The molecule has 2 saturated carbocycles. The highest BCUT2D eigenvalue weighted by Crippen LogP contribution is 2.41. The number of carbonyl (C=O) groups excluding carboxylic acids is 1. The lowest BCUT2D eigenvalue weighted by atomic mass is 9.68. The smallest absolute Gasteiger partial charge is 0.317 e. The average Bonchev–Trinajstić information content (AvgIpc) is 2.53. The molecule has 0 spiro atoms. The number of aliphatic hydroxyl groups is 1. The summed E-state index contributed by atoms with van der Waals surface area (Å²) in [4.78, 5) is 24.9. The highest BCUT2D eigenvalue weighted by atomic mass is 16.4. The number of likely N-dealkylation sites (N-methyl/N-ethyl adjacent to an activating group) is 1. The van der Waals surface area contributed by atoms with E-state index in [0.717, 1.165) is 38.5 Å². The summed E-state index contributed by atoms with van der Waals surface area (Å²) in [5.41, 5.74) is -0.540. The minimum Gasteiger partial charge on any atom is -0.480 e. The van der Waals surface area contributed by atoms with Crippen LogP contribution >= 0.6 is 0 Å². The minimum absolute atomic E-state index is 0.0443. The summed E-state index contributed by atoms with van der Waals surface area (Å²) >= 11 is 0. The Kier molecular flexibility index (Phi) is 7.14. The third-order valence-electron chi connectivity index (χ3n) is 6.43. The maximum atomic E-state index is 12.1. The second-order valence-electron chi connectivity index (χ2n) is 9.47. The number of urea groups is 1. The van der Waals surface area contributed by atoms with Crippen LogP contribution in [0.15, 0.2) is 0 Å². The van der Waals surface area contributed by atoms with Gasteiger partial charge in [-0.1, -0.05) is 27.7 Å². The van der Waals surface area contributed by atoms with Crippen molar-refractivity contribution >= 4 is 12.0 Å². The van der Waals surface area contributed by atoms with Gasteiger partial charge in [-0.3, -0.25) is 9.69 Å². The SMILES string of the molecule is CCN(CC(=O)O)C1CC(NC(=O)NCC2(O)CCC(C(C)(C)C)CC2)C1. The first-order valence-corrected chi connectivity index (χ1v) is 10.2. The Hall–Kier alpha value is -1.34. The van der Waals surface area contributed by atoms with Crippen molar-refractivity contribution in [3.8, 4) is 0 Å². The molecule has 156 valence electrons. The zero-order chi connectivity index (χ0) is 20.2. The van der Waals surface area contributed by atoms with Crippen molar-refractivity contribution < 1.29 is 19.8 Å². The fourth-order valence-electron chi connectivity index (χ4n) is 4.36. The molecule has 0 atom stereocenters. The van der Waals surface area contributed by atoms with E-state index in [4.69, 9.17) is 5.11 Å². The van der Waals surface area contributed by atoms with Crippen LogP contribution < -0.4 is 10.6 Å². The monoisotopic (exact) mass is 383 g/mol. The Balaban J connectivity index is 1.67. The molecular weight excluding hydrogens is 346 g/mol. The topological polar surface area (TPSA) is 102 Å². The number of rotatable bonds is 7. The number of carbonyl (C=O) groups is 2. The van der Waals surface area contributed by atoms with E-state index >= 15 is 0 Å². The third kappa shape index (κ3) is 6.35. The first-order valence-electron chi connectivity index (χ1n) is 10.2. The van der Waals surface area contributed by atoms with Gasteiger partial charge in [0, 0.05) is 18.6 Å². The summed E-state index contributed by atoms with van der Waals surface area (Å²) in [7, 11) is 0. The van der Waals surface area contributed by atoms with Crippen molar-refractivity contribution in [3.63, 3.8) is 0 Å². The molecule has 2 rings (SSSR count). The Morgan fingerprint density at radius 3 is 2.26 bits per heavy atom. The number of carboxylic acids is 1. The summed E-state index contributed by atoms with van der Waals surface area (Å²) < 4.78 is 0. The zero-order valence-corrected chi connectivity index (χ0v) is 17.3. The van der Waals surface area contributed by atoms with Gasteiger partial charge in [-0.25, -0.2) is 4.79 Å². The van der Waals surface area contributed by atoms with Gasteiger partial charge in [-0.2, -0.15) is 0 Å². The first-order chi connectivity index (χ1) is 12.5. The molecule has 7 nitrogen and oxygen atoms in total. The van der Waals surface area contributed by atoms with Crippen LogP contribution in [0.5, 0.6) is 0 Å². The maximum absolute atomic E-state index is 12.1. The first kappa shape index (κ1) is 22.0. The maximum Gasteiger partial charge on any atom is 0.317 e. The van der Waals surface area contributed by atoms with Gasteiger partial charge in [0.25, 0.3) is 0 Å². The van der Waals surface area contributed by atoms with E-state index in [0.29, 0.717) is 12.5 Å². The van der Waals surface area contributed by atoms with Gasteiger partial charge in [0.2, 0.25) is 0 Å². The number of hydrogen-bond acceptors (Lipinski definition) is 4. The molecule has 2 fully saturated rings. The summed E-state index contributed by atoms with van der Waals surface area (Å²) in [6.45, 7) is 9.71. The quantitative estimate of drug-likeness (QED) is 0.540. The molecule has 27 heavy (non-hydrogen) atoms. The lowest BCUT2D eigenvalue weighted by Crippen LogP contribution is -2.57. The van der Waals surface area contributed by atoms with E-state index in [1.165, 1.54) is 0 Å². The molecule has 0 heterocycles. The van der Waals surface area contributed by atoms with Gasteiger partial charge < -0.3 is 20.8 Å². The molecule has 2 amide bonds. The van der Waals surface area contributed by atoms with E-state index in [2.05, 4.69) is 31.4 Å². The Labute approximate surface area is 162 Å². The number of nitrogens with zero attached hydrogens (tertiary/aromatic N) is 1. The van der Waals surface area contributed by atoms with Crippen LogP contribution in [-0.2, 0) is 4.79 Å². The molecule has 0 aromatic heterocycles. The van der Waals surface area contributed by atoms with Crippen LogP contribution in [0, 0.1) is 11.3 Å². The standard InChI is InChI=1S/C20H37N3O4/c1-5-23(12-17(24)25)16-10-15(11-16)22-18(26)21-13-20(27)8-6-14(7-9-20)19(2,3)4/h14-16,27H,5-13H2,1-4H3,(H,24,25)(H2,21,22,26). The fraction of sp³-hybridized carbons (Fsp3) is 0.900. The molecular formula is C20H37N3O4. The second kappa shape index (κ2) is 8.78. The molecule has 0 aromatic carbocycles. The number of nitrogens with one attached hydrogen (secondary N) is 2. The van der Waals surface area contributed by atoms with Crippen molar-refractivity contribution in [2.45, 2.75) is 83.9 Å². The van der Waals surface area contributed by atoms with Gasteiger partial charge in [0.1, 0.15) is 0 Å². The molecule has 4 N–H and O–H groups in total. The highest BCUT2D eigenvalue weighted by molar-refractivity contribution is 5.74. The van der Waals surface area contributed by atoms with E-state index in [1.807, 2.05) is 11.8 Å². The van der Waals surface area contributed by atoms with E-state index < -0.39 is 11.6 Å². The van der Waals surface area contributed by atoms with Gasteiger partial charge >= 0.3 is 12.0 Å². The molecule has 0 aromatic rings. The van der Waals surface area contributed by atoms with Gasteiger partial charge in [-0.15, -0.1) is 0 Å². The molecule has 0 bridgehead atoms. The van der Waals surface area contributed by atoms with Gasteiger partial charge in [0.15, 0.2) is 0 Å². The van der Waals surface area contributed by atoms with Crippen LogP contribution in [0.1, 0.15) is 66.2 Å². The van der Waals surface area contributed by atoms with Crippen LogP contribution in [-0.4, -0.2) is 64.4 Å². The minimum atomic E-state index is -0.819. The Morgan fingerprint density at radius 2 is 1.78 bits per heavy atom. The molecule has 2 aliphatic carbocycles. The molecule has 0 aliphatic heterocycles. The molecule has 7 heteroatoms. The van der Waals surface area contributed by atoms with Crippen molar-refractivity contribution in [2.75, 3.05) is 19.6 Å². The Morgan fingerprint density at radius 1 is 1.19 bits per heavy atom. The molecule has 0 radical (unpaired) electrons. The van der Waals surface area contributed by atoms with E-state index in [-0.39, 0.29) is 36.6 Å².